The molecule has 3 heteroatoms. The van der Waals surface area contributed by atoms with Crippen molar-refractivity contribution in [2.45, 2.75) is 38.8 Å². The summed E-state index contributed by atoms with van der Waals surface area (Å²) in [5.74, 6) is 0.654. The van der Waals surface area contributed by atoms with Gasteiger partial charge in [-0.05, 0) is 43.7 Å². The molecule has 0 aromatic heterocycles. The lowest BCUT2D eigenvalue weighted by Crippen LogP contribution is -2.41. The number of hydrogen-bond acceptors (Lipinski definition) is 2. The Balaban J connectivity index is 1.55. The Morgan fingerprint density at radius 2 is 1.62 bits per heavy atom. The highest BCUT2D eigenvalue weighted by Crippen LogP contribution is 2.26. The van der Waals surface area contributed by atoms with Crippen LogP contribution in [0.4, 0.5) is 0 Å². The van der Waals surface area contributed by atoms with E-state index in [4.69, 9.17) is 4.74 Å². The molecule has 134 valence electrons. The van der Waals surface area contributed by atoms with E-state index in [1.54, 1.807) is 6.92 Å². The van der Waals surface area contributed by atoms with Gasteiger partial charge in [0, 0.05) is 11.4 Å². The van der Waals surface area contributed by atoms with Crippen molar-refractivity contribution in [1.29, 1.82) is 0 Å². The molecule has 3 rings (SSSR count). The zero-order valence-corrected chi connectivity index (χ0v) is 15.3. The Morgan fingerprint density at radius 1 is 0.923 bits per heavy atom. The lowest BCUT2D eigenvalue weighted by Gasteiger charge is -2.19. The molecular weight excluding hydrogens is 322 g/mol. The molecule has 26 heavy (non-hydrogen) atoms. The third-order valence-corrected chi connectivity index (χ3v) is 4.52. The van der Waals surface area contributed by atoms with E-state index in [-0.39, 0.29) is 11.9 Å². The number of fused-ring (bicyclic) bond motifs is 1. The first-order valence-corrected chi connectivity index (χ1v) is 9.12. The summed E-state index contributed by atoms with van der Waals surface area (Å²) in [6, 6.07) is 24.3. The number of rotatable bonds is 7. The van der Waals surface area contributed by atoms with Crippen molar-refractivity contribution in [3.8, 4) is 5.75 Å². The Morgan fingerprint density at radius 3 is 2.42 bits per heavy atom. The maximum absolute atomic E-state index is 12.5. The summed E-state index contributed by atoms with van der Waals surface area (Å²) in [5, 5.41) is 5.18. The second-order valence-corrected chi connectivity index (χ2v) is 6.67. The topological polar surface area (TPSA) is 38.3 Å². The summed E-state index contributed by atoms with van der Waals surface area (Å²) in [7, 11) is 0. The number of hydrogen-bond donors (Lipinski definition) is 1. The molecule has 0 unspecified atom stereocenters. The molecule has 3 aromatic carbocycles. The van der Waals surface area contributed by atoms with Gasteiger partial charge in [-0.25, -0.2) is 0 Å². The molecule has 0 heterocycles. The van der Waals surface area contributed by atoms with Gasteiger partial charge in [0.25, 0.3) is 5.91 Å². The van der Waals surface area contributed by atoms with Crippen LogP contribution in [-0.4, -0.2) is 18.1 Å². The van der Waals surface area contributed by atoms with Crippen molar-refractivity contribution in [1.82, 2.24) is 5.32 Å². The molecular formula is C23H25NO2. The van der Waals surface area contributed by atoms with Crippen molar-refractivity contribution in [3.63, 3.8) is 0 Å². The molecule has 0 aliphatic carbocycles. The first-order chi connectivity index (χ1) is 12.6. The molecule has 0 saturated heterocycles. The highest BCUT2D eigenvalue weighted by Gasteiger charge is 2.17. The molecule has 2 atom stereocenters. The lowest BCUT2D eigenvalue weighted by atomic mass is 10.1. The zero-order valence-electron chi connectivity index (χ0n) is 15.3. The van der Waals surface area contributed by atoms with Gasteiger partial charge in [-0.15, -0.1) is 0 Å². The fourth-order valence-electron chi connectivity index (χ4n) is 3.00. The monoisotopic (exact) mass is 347 g/mol. The van der Waals surface area contributed by atoms with Gasteiger partial charge in [0.05, 0.1) is 0 Å². The molecule has 3 nitrogen and oxygen atoms in total. The van der Waals surface area contributed by atoms with Crippen LogP contribution in [0, 0.1) is 0 Å². The van der Waals surface area contributed by atoms with Crippen LogP contribution >= 0.6 is 0 Å². The van der Waals surface area contributed by atoms with Crippen LogP contribution < -0.4 is 10.1 Å². The maximum Gasteiger partial charge on any atom is 0.260 e. The molecule has 0 spiro atoms. The van der Waals surface area contributed by atoms with Gasteiger partial charge in [0.15, 0.2) is 6.10 Å². The van der Waals surface area contributed by atoms with Gasteiger partial charge in [-0.3, -0.25) is 4.79 Å². The van der Waals surface area contributed by atoms with E-state index in [0.29, 0.717) is 0 Å². The minimum atomic E-state index is -0.542. The quantitative estimate of drug-likeness (QED) is 0.670. The lowest BCUT2D eigenvalue weighted by molar-refractivity contribution is -0.127. The van der Waals surface area contributed by atoms with Gasteiger partial charge < -0.3 is 10.1 Å². The predicted molar refractivity (Wildman–Crippen MR) is 106 cm³/mol. The number of carbonyl (C=O) groups is 1. The standard InChI is InChI=1S/C23H25NO2/c1-17(15-16-19-9-4-3-5-10-19)24-23(25)18(2)26-22-14-8-12-20-11-6-7-13-21(20)22/h3-14,17-18H,15-16H2,1-2H3,(H,24,25)/t17-,18-/m1/s1. The van der Waals surface area contributed by atoms with Crippen molar-refractivity contribution < 1.29 is 9.53 Å². The third-order valence-electron chi connectivity index (χ3n) is 4.52. The first-order valence-electron chi connectivity index (χ1n) is 9.12. The summed E-state index contributed by atoms with van der Waals surface area (Å²) >= 11 is 0. The molecule has 0 aliphatic heterocycles. The summed E-state index contributed by atoms with van der Waals surface area (Å²) in [5.41, 5.74) is 1.29. The van der Waals surface area contributed by atoms with Gasteiger partial charge in [-0.2, -0.15) is 0 Å². The van der Waals surface area contributed by atoms with Crippen LogP contribution in [0.1, 0.15) is 25.8 Å². The Bertz CT molecular complexity index is 855. The van der Waals surface area contributed by atoms with E-state index in [2.05, 4.69) is 17.4 Å². The molecule has 0 aliphatic rings. The number of ether oxygens (including phenoxy) is 1. The van der Waals surface area contributed by atoms with Gasteiger partial charge in [0.2, 0.25) is 0 Å². The van der Waals surface area contributed by atoms with Crippen LogP contribution in [0.15, 0.2) is 72.8 Å². The molecule has 0 radical (unpaired) electrons. The minimum absolute atomic E-state index is 0.0847. The van der Waals surface area contributed by atoms with Crippen molar-refractivity contribution in [3.05, 3.63) is 78.4 Å². The summed E-state index contributed by atoms with van der Waals surface area (Å²) in [6.45, 7) is 3.83. The summed E-state index contributed by atoms with van der Waals surface area (Å²) in [4.78, 5) is 12.5. The van der Waals surface area contributed by atoms with Gasteiger partial charge in [0.1, 0.15) is 5.75 Å². The molecule has 1 N–H and O–H groups in total. The van der Waals surface area contributed by atoms with Crippen LogP contribution in [0.25, 0.3) is 10.8 Å². The van der Waals surface area contributed by atoms with E-state index >= 15 is 0 Å². The van der Waals surface area contributed by atoms with Crippen LogP contribution in [0.2, 0.25) is 0 Å². The average Bonchev–Trinajstić information content (AvgIpc) is 2.67. The normalized spacial score (nSPS) is 13.2. The van der Waals surface area contributed by atoms with E-state index in [1.807, 2.05) is 67.6 Å². The van der Waals surface area contributed by atoms with Crippen LogP contribution in [-0.2, 0) is 11.2 Å². The zero-order chi connectivity index (χ0) is 18.4. The summed E-state index contributed by atoms with van der Waals surface area (Å²) in [6.07, 6.45) is 1.30. The van der Waals surface area contributed by atoms with Crippen molar-refractivity contribution in [2.75, 3.05) is 0 Å². The average molecular weight is 347 g/mol. The highest BCUT2D eigenvalue weighted by atomic mass is 16.5. The number of carbonyl (C=O) groups excluding carboxylic acids is 1. The summed E-state index contributed by atoms with van der Waals surface area (Å²) < 4.78 is 5.94. The third kappa shape index (κ3) is 4.63. The molecule has 0 fully saturated rings. The Hall–Kier alpha value is -2.81. The van der Waals surface area contributed by atoms with Crippen molar-refractivity contribution in [2.24, 2.45) is 0 Å². The second-order valence-electron chi connectivity index (χ2n) is 6.67. The first kappa shape index (κ1) is 18.0. The molecule has 0 bridgehead atoms. The highest BCUT2D eigenvalue weighted by molar-refractivity contribution is 5.89. The van der Waals surface area contributed by atoms with E-state index < -0.39 is 6.10 Å². The van der Waals surface area contributed by atoms with E-state index in [9.17, 15) is 4.79 Å². The molecule has 0 saturated carbocycles. The van der Waals surface area contributed by atoms with E-state index in [1.165, 1.54) is 5.56 Å². The number of amides is 1. The smallest absolute Gasteiger partial charge is 0.260 e. The number of aryl methyl sites for hydroxylation is 1. The Kier molecular flexibility index (Phi) is 5.90. The van der Waals surface area contributed by atoms with Gasteiger partial charge >= 0.3 is 0 Å². The number of nitrogens with one attached hydrogen (secondary N) is 1. The fourth-order valence-corrected chi connectivity index (χ4v) is 3.00. The maximum atomic E-state index is 12.5. The Labute approximate surface area is 155 Å². The fraction of sp³-hybridized carbons (Fsp3) is 0.261. The van der Waals surface area contributed by atoms with E-state index in [0.717, 1.165) is 29.4 Å². The van der Waals surface area contributed by atoms with Gasteiger partial charge in [-0.1, -0.05) is 66.7 Å². The predicted octanol–water partition coefficient (Wildman–Crippen LogP) is 4.74. The SMILES string of the molecule is C[C@H](CCc1ccccc1)NC(=O)[C@@H](C)Oc1cccc2ccccc12. The molecule has 3 aromatic rings. The van der Waals surface area contributed by atoms with Crippen LogP contribution in [0.5, 0.6) is 5.75 Å². The van der Waals surface area contributed by atoms with Crippen molar-refractivity contribution >= 4 is 16.7 Å². The minimum Gasteiger partial charge on any atom is -0.480 e. The second kappa shape index (κ2) is 8.52. The molecule has 1 amide bonds. The number of benzene rings is 3. The largest absolute Gasteiger partial charge is 0.480 e. The van der Waals surface area contributed by atoms with Crippen LogP contribution in [0.3, 0.4) is 0 Å².